The lowest BCUT2D eigenvalue weighted by Gasteiger charge is -2.36. The molecule has 14 heavy (non-hydrogen) atoms. The van der Waals surface area contributed by atoms with Crippen molar-refractivity contribution in [2.45, 2.75) is 65.8 Å². The van der Waals surface area contributed by atoms with Crippen LogP contribution in [0, 0.1) is 17.3 Å². The molecule has 0 aromatic rings. The van der Waals surface area contributed by atoms with Crippen LogP contribution in [0.5, 0.6) is 0 Å². The first kappa shape index (κ1) is 12.0. The molecule has 0 saturated heterocycles. The number of hydrogen-bond donors (Lipinski definition) is 1. The van der Waals surface area contributed by atoms with Gasteiger partial charge in [0, 0.05) is 5.54 Å². The standard InChI is InChI=1S/C13H27N/c1-6-13(5,14)9-11-10(2)7-8-12(11,3)4/h10-11H,6-9,14H2,1-5H3. The van der Waals surface area contributed by atoms with Gasteiger partial charge >= 0.3 is 0 Å². The molecule has 1 heteroatoms. The first-order valence-electron chi connectivity index (χ1n) is 6.07. The molecule has 3 unspecified atom stereocenters. The van der Waals surface area contributed by atoms with E-state index in [0.29, 0.717) is 5.41 Å². The summed E-state index contributed by atoms with van der Waals surface area (Å²) >= 11 is 0. The Morgan fingerprint density at radius 1 is 1.43 bits per heavy atom. The third-order valence-corrected chi connectivity index (χ3v) is 4.43. The van der Waals surface area contributed by atoms with Gasteiger partial charge in [-0.05, 0) is 49.9 Å². The Bertz CT molecular complexity index is 193. The Hall–Kier alpha value is -0.0400. The normalized spacial score (nSPS) is 35.6. The van der Waals surface area contributed by atoms with Crippen molar-refractivity contribution >= 4 is 0 Å². The smallest absolute Gasteiger partial charge is 0.0126 e. The molecule has 0 aliphatic heterocycles. The highest BCUT2D eigenvalue weighted by atomic mass is 14.7. The van der Waals surface area contributed by atoms with Gasteiger partial charge in [0.05, 0.1) is 0 Å². The van der Waals surface area contributed by atoms with Crippen LogP contribution in [0.15, 0.2) is 0 Å². The fourth-order valence-electron chi connectivity index (χ4n) is 2.88. The molecule has 2 N–H and O–H groups in total. The second-order valence-corrected chi connectivity index (χ2v) is 6.32. The molecule has 0 radical (unpaired) electrons. The van der Waals surface area contributed by atoms with Crippen molar-refractivity contribution in [1.82, 2.24) is 0 Å². The molecule has 0 heterocycles. The van der Waals surface area contributed by atoms with E-state index >= 15 is 0 Å². The van der Waals surface area contributed by atoms with Gasteiger partial charge in [-0.15, -0.1) is 0 Å². The van der Waals surface area contributed by atoms with E-state index in [2.05, 4.69) is 34.6 Å². The molecule has 0 spiro atoms. The number of rotatable bonds is 3. The second-order valence-electron chi connectivity index (χ2n) is 6.32. The third kappa shape index (κ3) is 2.50. The molecule has 1 aliphatic carbocycles. The predicted molar refractivity (Wildman–Crippen MR) is 63.2 cm³/mol. The highest BCUT2D eigenvalue weighted by molar-refractivity contribution is 4.94. The Labute approximate surface area is 89.5 Å². The zero-order valence-electron chi connectivity index (χ0n) is 10.6. The van der Waals surface area contributed by atoms with E-state index in [-0.39, 0.29) is 5.54 Å². The first-order valence-corrected chi connectivity index (χ1v) is 6.07. The lowest BCUT2D eigenvalue weighted by molar-refractivity contribution is 0.170. The quantitative estimate of drug-likeness (QED) is 0.735. The van der Waals surface area contributed by atoms with E-state index in [9.17, 15) is 0 Å². The monoisotopic (exact) mass is 197 g/mol. The van der Waals surface area contributed by atoms with E-state index < -0.39 is 0 Å². The summed E-state index contributed by atoms with van der Waals surface area (Å²) in [6.45, 7) is 11.6. The maximum Gasteiger partial charge on any atom is 0.0126 e. The summed E-state index contributed by atoms with van der Waals surface area (Å²) in [6, 6.07) is 0. The van der Waals surface area contributed by atoms with Gasteiger partial charge in [-0.2, -0.15) is 0 Å². The molecule has 0 bridgehead atoms. The summed E-state index contributed by atoms with van der Waals surface area (Å²) < 4.78 is 0. The van der Waals surface area contributed by atoms with Gasteiger partial charge in [0.2, 0.25) is 0 Å². The SMILES string of the molecule is CCC(C)(N)CC1C(C)CCC1(C)C. The van der Waals surface area contributed by atoms with Crippen molar-refractivity contribution < 1.29 is 0 Å². The first-order chi connectivity index (χ1) is 6.28. The summed E-state index contributed by atoms with van der Waals surface area (Å²) in [4.78, 5) is 0. The van der Waals surface area contributed by atoms with Gasteiger partial charge in [0.1, 0.15) is 0 Å². The van der Waals surface area contributed by atoms with Gasteiger partial charge in [-0.3, -0.25) is 0 Å². The molecule has 1 nitrogen and oxygen atoms in total. The minimum Gasteiger partial charge on any atom is -0.325 e. The van der Waals surface area contributed by atoms with Crippen LogP contribution in [-0.2, 0) is 0 Å². The maximum atomic E-state index is 6.28. The van der Waals surface area contributed by atoms with Gasteiger partial charge in [-0.1, -0.05) is 27.7 Å². The Morgan fingerprint density at radius 3 is 2.36 bits per heavy atom. The van der Waals surface area contributed by atoms with Crippen molar-refractivity contribution in [1.29, 1.82) is 0 Å². The van der Waals surface area contributed by atoms with Crippen molar-refractivity contribution in [3.63, 3.8) is 0 Å². The van der Waals surface area contributed by atoms with Crippen LogP contribution in [-0.4, -0.2) is 5.54 Å². The molecule has 84 valence electrons. The van der Waals surface area contributed by atoms with E-state index in [4.69, 9.17) is 5.73 Å². The highest BCUT2D eigenvalue weighted by Crippen LogP contribution is 2.49. The van der Waals surface area contributed by atoms with Crippen molar-refractivity contribution in [2.75, 3.05) is 0 Å². The second kappa shape index (κ2) is 3.84. The molecule has 1 aliphatic rings. The Balaban J connectivity index is 2.67. The Morgan fingerprint density at radius 2 is 2.00 bits per heavy atom. The van der Waals surface area contributed by atoms with E-state index in [1.807, 2.05) is 0 Å². The highest BCUT2D eigenvalue weighted by Gasteiger charge is 2.41. The summed E-state index contributed by atoms with van der Waals surface area (Å²) in [6.07, 6.45) is 5.04. The molecule has 1 rings (SSSR count). The molecule has 3 atom stereocenters. The zero-order valence-corrected chi connectivity index (χ0v) is 10.6. The number of nitrogens with two attached hydrogens (primary N) is 1. The third-order valence-electron chi connectivity index (χ3n) is 4.43. The average molecular weight is 197 g/mol. The fraction of sp³-hybridized carbons (Fsp3) is 1.00. The summed E-state index contributed by atoms with van der Waals surface area (Å²) in [7, 11) is 0. The zero-order chi connectivity index (χ0) is 11.0. The van der Waals surface area contributed by atoms with Crippen molar-refractivity contribution in [3.05, 3.63) is 0 Å². The van der Waals surface area contributed by atoms with Gasteiger partial charge in [0.15, 0.2) is 0 Å². The Kier molecular flexibility index (Phi) is 3.30. The van der Waals surface area contributed by atoms with Crippen LogP contribution in [0.3, 0.4) is 0 Å². The summed E-state index contributed by atoms with van der Waals surface area (Å²) in [5.41, 5.74) is 6.83. The molecular formula is C13H27N. The van der Waals surface area contributed by atoms with Crippen LogP contribution in [0.1, 0.15) is 60.3 Å². The van der Waals surface area contributed by atoms with Crippen molar-refractivity contribution in [3.8, 4) is 0 Å². The minimum absolute atomic E-state index is 0.0422. The molecule has 0 aromatic heterocycles. The predicted octanol–water partition coefficient (Wildman–Crippen LogP) is 3.58. The van der Waals surface area contributed by atoms with Crippen LogP contribution in [0.2, 0.25) is 0 Å². The minimum atomic E-state index is 0.0422. The number of hydrogen-bond acceptors (Lipinski definition) is 1. The molecule has 1 fully saturated rings. The summed E-state index contributed by atoms with van der Waals surface area (Å²) in [5.74, 6) is 1.68. The maximum absolute atomic E-state index is 6.28. The lowest BCUT2D eigenvalue weighted by atomic mass is 9.72. The van der Waals surface area contributed by atoms with Gasteiger partial charge in [0.25, 0.3) is 0 Å². The van der Waals surface area contributed by atoms with E-state index in [0.717, 1.165) is 18.3 Å². The van der Waals surface area contributed by atoms with Gasteiger partial charge in [-0.25, -0.2) is 0 Å². The lowest BCUT2D eigenvalue weighted by Crippen LogP contribution is -2.40. The molecular weight excluding hydrogens is 170 g/mol. The van der Waals surface area contributed by atoms with Crippen molar-refractivity contribution in [2.24, 2.45) is 23.0 Å². The van der Waals surface area contributed by atoms with Gasteiger partial charge < -0.3 is 5.73 Å². The topological polar surface area (TPSA) is 26.0 Å². The summed E-state index contributed by atoms with van der Waals surface area (Å²) in [5, 5.41) is 0. The van der Waals surface area contributed by atoms with E-state index in [1.54, 1.807) is 0 Å². The average Bonchev–Trinajstić information content (AvgIpc) is 2.32. The van der Waals surface area contributed by atoms with E-state index in [1.165, 1.54) is 19.3 Å². The largest absolute Gasteiger partial charge is 0.325 e. The van der Waals surface area contributed by atoms with Crippen LogP contribution in [0.25, 0.3) is 0 Å². The fourth-order valence-corrected chi connectivity index (χ4v) is 2.88. The van der Waals surface area contributed by atoms with Crippen LogP contribution >= 0.6 is 0 Å². The van der Waals surface area contributed by atoms with Crippen LogP contribution < -0.4 is 5.73 Å². The molecule has 0 amide bonds. The van der Waals surface area contributed by atoms with Crippen LogP contribution in [0.4, 0.5) is 0 Å². The molecule has 1 saturated carbocycles. The molecule has 0 aromatic carbocycles.